The molecule has 15 heavy (non-hydrogen) atoms. The number of ether oxygens (including phenoxy) is 1. The van der Waals surface area contributed by atoms with Gasteiger partial charge in [0.2, 0.25) is 5.24 Å². The molecule has 0 N–H and O–H groups in total. The van der Waals surface area contributed by atoms with Crippen LogP contribution in [0.1, 0.15) is 18.4 Å². The van der Waals surface area contributed by atoms with Gasteiger partial charge in [0.25, 0.3) is 0 Å². The minimum atomic E-state index is -0.370. The van der Waals surface area contributed by atoms with Gasteiger partial charge in [-0.15, -0.1) is 0 Å². The molecule has 0 fully saturated rings. The van der Waals surface area contributed by atoms with Crippen molar-refractivity contribution in [1.82, 2.24) is 0 Å². The van der Waals surface area contributed by atoms with Gasteiger partial charge in [-0.25, -0.2) is 4.39 Å². The summed E-state index contributed by atoms with van der Waals surface area (Å²) in [6.45, 7) is 0. The first-order valence-electron chi connectivity index (χ1n) is 4.64. The van der Waals surface area contributed by atoms with E-state index in [-0.39, 0.29) is 11.1 Å². The molecule has 0 saturated heterocycles. The van der Waals surface area contributed by atoms with Crippen molar-refractivity contribution in [3.05, 3.63) is 29.6 Å². The van der Waals surface area contributed by atoms with Gasteiger partial charge in [-0.2, -0.15) is 0 Å². The Morgan fingerprint density at radius 3 is 2.87 bits per heavy atom. The largest absolute Gasteiger partial charge is 0.496 e. The van der Waals surface area contributed by atoms with E-state index >= 15 is 0 Å². The average molecular weight is 231 g/mol. The van der Waals surface area contributed by atoms with Gasteiger partial charge in [-0.1, -0.05) is 0 Å². The SMILES string of the molecule is COc1ccc(F)cc1CCCC(=O)Cl. The molecule has 0 spiro atoms. The van der Waals surface area contributed by atoms with E-state index < -0.39 is 0 Å². The highest BCUT2D eigenvalue weighted by Gasteiger charge is 2.05. The maximum Gasteiger partial charge on any atom is 0.221 e. The first kappa shape index (κ1) is 12.0. The Morgan fingerprint density at radius 1 is 1.53 bits per heavy atom. The summed E-state index contributed by atoms with van der Waals surface area (Å²) in [5.74, 6) is 0.335. The van der Waals surface area contributed by atoms with Crippen LogP contribution in [-0.2, 0) is 11.2 Å². The van der Waals surface area contributed by atoms with Crippen LogP contribution in [0.4, 0.5) is 4.39 Å². The molecule has 4 heteroatoms. The number of carbonyl (C=O) groups is 1. The second kappa shape index (κ2) is 5.71. The first-order chi connectivity index (χ1) is 7.13. The zero-order valence-electron chi connectivity index (χ0n) is 8.43. The fourth-order valence-electron chi connectivity index (χ4n) is 1.36. The molecule has 0 radical (unpaired) electrons. The zero-order valence-corrected chi connectivity index (χ0v) is 9.18. The van der Waals surface area contributed by atoms with E-state index in [1.807, 2.05) is 0 Å². The summed E-state index contributed by atoms with van der Waals surface area (Å²) in [6.07, 6.45) is 1.47. The third-order valence-electron chi connectivity index (χ3n) is 2.06. The summed E-state index contributed by atoms with van der Waals surface area (Å²) >= 11 is 5.20. The van der Waals surface area contributed by atoms with Crippen LogP contribution in [0.15, 0.2) is 18.2 Å². The standard InChI is InChI=1S/C11H12ClFO2/c1-15-10-6-5-9(13)7-8(10)3-2-4-11(12)14/h5-7H,2-4H2,1H3. The van der Waals surface area contributed by atoms with Crippen LogP contribution in [-0.4, -0.2) is 12.4 Å². The van der Waals surface area contributed by atoms with Crippen molar-refractivity contribution in [3.63, 3.8) is 0 Å². The third-order valence-corrected chi connectivity index (χ3v) is 2.25. The molecule has 0 unspecified atom stereocenters. The van der Waals surface area contributed by atoms with E-state index in [2.05, 4.69) is 0 Å². The number of hydrogen-bond donors (Lipinski definition) is 0. The lowest BCUT2D eigenvalue weighted by Crippen LogP contribution is -1.95. The van der Waals surface area contributed by atoms with E-state index in [0.717, 1.165) is 5.56 Å². The smallest absolute Gasteiger partial charge is 0.221 e. The van der Waals surface area contributed by atoms with Crippen molar-refractivity contribution in [3.8, 4) is 5.75 Å². The van der Waals surface area contributed by atoms with Crippen molar-refractivity contribution in [2.24, 2.45) is 0 Å². The lowest BCUT2D eigenvalue weighted by Gasteiger charge is -2.07. The van der Waals surface area contributed by atoms with Crippen LogP contribution in [0, 0.1) is 5.82 Å². The molecule has 0 atom stereocenters. The number of hydrogen-bond acceptors (Lipinski definition) is 2. The van der Waals surface area contributed by atoms with Gasteiger partial charge in [0, 0.05) is 6.42 Å². The van der Waals surface area contributed by atoms with Gasteiger partial charge in [0.15, 0.2) is 0 Å². The number of halogens is 2. The number of aryl methyl sites for hydroxylation is 1. The number of rotatable bonds is 5. The maximum atomic E-state index is 12.9. The van der Waals surface area contributed by atoms with E-state index in [1.54, 1.807) is 6.07 Å². The zero-order chi connectivity index (χ0) is 11.3. The predicted molar refractivity (Wildman–Crippen MR) is 56.8 cm³/mol. The highest BCUT2D eigenvalue weighted by atomic mass is 35.5. The molecule has 0 saturated carbocycles. The molecule has 0 aliphatic carbocycles. The highest BCUT2D eigenvalue weighted by Crippen LogP contribution is 2.21. The van der Waals surface area contributed by atoms with Crippen LogP contribution in [0.3, 0.4) is 0 Å². The van der Waals surface area contributed by atoms with E-state index in [4.69, 9.17) is 16.3 Å². The van der Waals surface area contributed by atoms with E-state index in [1.165, 1.54) is 19.2 Å². The lowest BCUT2D eigenvalue weighted by molar-refractivity contribution is -0.111. The minimum Gasteiger partial charge on any atom is -0.496 e. The maximum absolute atomic E-state index is 12.9. The summed E-state index contributed by atoms with van der Waals surface area (Å²) in [5, 5.41) is -0.370. The second-order valence-corrected chi connectivity index (χ2v) is 3.59. The van der Waals surface area contributed by atoms with Gasteiger partial charge >= 0.3 is 0 Å². The van der Waals surface area contributed by atoms with Gasteiger partial charge in [-0.05, 0) is 48.2 Å². The van der Waals surface area contributed by atoms with Crippen LogP contribution >= 0.6 is 11.6 Å². The molecule has 0 aliphatic heterocycles. The van der Waals surface area contributed by atoms with Crippen molar-refractivity contribution in [2.45, 2.75) is 19.3 Å². The molecule has 0 bridgehead atoms. The molecule has 2 nitrogen and oxygen atoms in total. The Hall–Kier alpha value is -1.09. The van der Waals surface area contributed by atoms with Crippen LogP contribution in [0.5, 0.6) is 5.75 Å². The Morgan fingerprint density at radius 2 is 2.27 bits per heavy atom. The van der Waals surface area contributed by atoms with Crippen LogP contribution in [0.25, 0.3) is 0 Å². The van der Waals surface area contributed by atoms with Gasteiger partial charge in [0.1, 0.15) is 11.6 Å². The summed E-state index contributed by atoms with van der Waals surface area (Å²) in [7, 11) is 1.53. The third kappa shape index (κ3) is 3.88. The van der Waals surface area contributed by atoms with Crippen LogP contribution in [0.2, 0.25) is 0 Å². The minimum absolute atomic E-state index is 0.293. The van der Waals surface area contributed by atoms with E-state index in [0.29, 0.717) is 25.0 Å². The molecule has 1 aromatic rings. The highest BCUT2D eigenvalue weighted by molar-refractivity contribution is 6.63. The molecule has 1 rings (SSSR count). The summed E-state index contributed by atoms with van der Waals surface area (Å²) < 4.78 is 18.0. The normalized spacial score (nSPS) is 10.1. The second-order valence-electron chi connectivity index (χ2n) is 3.16. The molecular weight excluding hydrogens is 219 g/mol. The molecule has 1 aromatic carbocycles. The Bertz CT molecular complexity index is 352. The summed E-state index contributed by atoms with van der Waals surface area (Å²) in [5.41, 5.74) is 0.760. The molecule has 0 aliphatic rings. The fourth-order valence-corrected chi connectivity index (χ4v) is 1.49. The van der Waals surface area contributed by atoms with Crippen molar-refractivity contribution in [1.29, 1.82) is 0 Å². The monoisotopic (exact) mass is 230 g/mol. The average Bonchev–Trinajstić information content (AvgIpc) is 2.17. The van der Waals surface area contributed by atoms with Gasteiger partial charge < -0.3 is 4.74 Å². The van der Waals surface area contributed by atoms with Gasteiger partial charge in [-0.3, -0.25) is 4.79 Å². The molecule has 82 valence electrons. The fraction of sp³-hybridized carbons (Fsp3) is 0.364. The lowest BCUT2D eigenvalue weighted by atomic mass is 10.1. The summed E-state index contributed by atoms with van der Waals surface area (Å²) in [6, 6.07) is 4.33. The summed E-state index contributed by atoms with van der Waals surface area (Å²) in [4.78, 5) is 10.5. The molecule has 0 heterocycles. The van der Waals surface area contributed by atoms with Gasteiger partial charge in [0.05, 0.1) is 7.11 Å². The Labute approximate surface area is 93.0 Å². The van der Waals surface area contributed by atoms with Crippen molar-refractivity contribution in [2.75, 3.05) is 7.11 Å². The molecular formula is C11H12ClFO2. The molecule has 0 aromatic heterocycles. The quantitative estimate of drug-likeness (QED) is 0.727. The number of methoxy groups -OCH3 is 1. The topological polar surface area (TPSA) is 26.3 Å². The Balaban J connectivity index is 2.65. The Kier molecular flexibility index (Phi) is 4.56. The van der Waals surface area contributed by atoms with Crippen LogP contribution < -0.4 is 4.74 Å². The number of benzene rings is 1. The predicted octanol–water partition coefficient (Wildman–Crippen LogP) is 2.92. The van der Waals surface area contributed by atoms with Crippen molar-refractivity contribution >= 4 is 16.8 Å². The first-order valence-corrected chi connectivity index (χ1v) is 5.02. The van der Waals surface area contributed by atoms with E-state index in [9.17, 15) is 9.18 Å². The van der Waals surface area contributed by atoms with Crippen molar-refractivity contribution < 1.29 is 13.9 Å². The number of carbonyl (C=O) groups excluding carboxylic acids is 1. The molecule has 0 amide bonds.